The molecule has 2 aliphatic rings. The number of nitrogens with zero attached hydrogens (tertiary/aromatic N) is 5. The Hall–Kier alpha value is -2.35. The Kier molecular flexibility index (Phi) is 8.84. The Morgan fingerprint density at radius 2 is 1.92 bits per heavy atom. The summed E-state index contributed by atoms with van der Waals surface area (Å²) in [4.78, 5) is 29.3. The average Bonchev–Trinajstić information content (AvgIpc) is 3.23. The third-order valence-electron chi connectivity index (χ3n) is 7.31. The van der Waals surface area contributed by atoms with Gasteiger partial charge in [-0.05, 0) is 36.8 Å². The zero-order valence-electron chi connectivity index (χ0n) is 23.3. The Morgan fingerprint density at radius 3 is 2.54 bits per heavy atom. The first-order valence-corrected chi connectivity index (χ1v) is 15.9. The van der Waals surface area contributed by atoms with E-state index in [4.69, 9.17) is 0 Å². The third kappa shape index (κ3) is 6.53. The van der Waals surface area contributed by atoms with Crippen LogP contribution in [0.15, 0.2) is 22.5 Å². The van der Waals surface area contributed by atoms with Crippen molar-refractivity contribution in [3.63, 3.8) is 0 Å². The fourth-order valence-electron chi connectivity index (χ4n) is 5.07. The first kappa shape index (κ1) is 29.6. The van der Waals surface area contributed by atoms with Gasteiger partial charge in [-0.3, -0.25) is 9.59 Å². The Morgan fingerprint density at radius 1 is 1.23 bits per heavy atom. The van der Waals surface area contributed by atoms with Crippen molar-refractivity contribution in [3.8, 4) is 0 Å². The Bertz CT molecular complexity index is 1280. The van der Waals surface area contributed by atoms with Crippen LogP contribution < -0.4 is 5.32 Å². The van der Waals surface area contributed by atoms with Gasteiger partial charge >= 0.3 is 0 Å². The van der Waals surface area contributed by atoms with E-state index in [0.29, 0.717) is 25.4 Å². The van der Waals surface area contributed by atoms with Crippen molar-refractivity contribution >= 4 is 33.2 Å². The molecule has 3 atom stereocenters. The number of aliphatic hydroxyl groups is 1. The maximum Gasteiger partial charge on any atom is 0.252 e. The highest BCUT2D eigenvalue weighted by atomic mass is 32.2. The largest absolute Gasteiger partial charge is 0.391 e. The van der Waals surface area contributed by atoms with Crippen LogP contribution in [0.25, 0.3) is 0 Å². The lowest BCUT2D eigenvalue weighted by Crippen LogP contribution is -2.50. The van der Waals surface area contributed by atoms with Crippen molar-refractivity contribution < 1.29 is 23.1 Å². The zero-order chi connectivity index (χ0) is 28.5. The molecule has 2 N–H and O–H groups in total. The number of sulfonamides is 1. The number of rotatable bonds is 11. The minimum atomic E-state index is -3.52. The van der Waals surface area contributed by atoms with E-state index >= 15 is 0 Å². The van der Waals surface area contributed by atoms with E-state index in [1.54, 1.807) is 30.7 Å². The summed E-state index contributed by atoms with van der Waals surface area (Å²) < 4.78 is 28.8. The van der Waals surface area contributed by atoms with Crippen molar-refractivity contribution in [2.75, 3.05) is 26.2 Å². The van der Waals surface area contributed by atoms with E-state index in [1.807, 2.05) is 27.0 Å². The normalized spacial score (nSPS) is 20.9. The summed E-state index contributed by atoms with van der Waals surface area (Å²) in [6.45, 7) is 10.6. The molecule has 39 heavy (non-hydrogen) atoms. The maximum absolute atomic E-state index is 13.8. The molecule has 4 rings (SSSR count). The van der Waals surface area contributed by atoms with Gasteiger partial charge in [-0.25, -0.2) is 13.1 Å². The summed E-state index contributed by atoms with van der Waals surface area (Å²) in [6, 6.07) is 1.90. The number of amides is 2. The predicted molar refractivity (Wildman–Crippen MR) is 148 cm³/mol. The SMILES string of the molecule is CCN(CC)S(=O)(=O)c1ccc(CCNC(=O)C2CC(O)CN2C(=O)[C@@H](n2cc(C3CC3)nn2)C(C)(C)C)s1. The molecule has 216 valence electrons. The van der Waals surface area contributed by atoms with Gasteiger partial charge < -0.3 is 15.3 Å². The predicted octanol–water partition coefficient (Wildman–Crippen LogP) is 2.16. The molecule has 2 amide bonds. The molecule has 1 aliphatic heterocycles. The van der Waals surface area contributed by atoms with Gasteiger partial charge in [0.05, 0.1) is 11.8 Å². The number of thiophene rings is 1. The highest BCUT2D eigenvalue weighted by Crippen LogP contribution is 2.40. The van der Waals surface area contributed by atoms with Gasteiger partial charge in [0, 0.05) is 49.6 Å². The van der Waals surface area contributed by atoms with E-state index in [0.717, 1.165) is 23.4 Å². The fourth-order valence-corrected chi connectivity index (χ4v) is 8.04. The Balaban J connectivity index is 1.41. The van der Waals surface area contributed by atoms with Gasteiger partial charge in [-0.1, -0.05) is 39.8 Å². The van der Waals surface area contributed by atoms with Crippen LogP contribution in [0.4, 0.5) is 0 Å². The summed E-state index contributed by atoms with van der Waals surface area (Å²) in [6.07, 6.45) is 3.81. The van der Waals surface area contributed by atoms with Gasteiger partial charge in [0.2, 0.25) is 11.8 Å². The summed E-state index contributed by atoms with van der Waals surface area (Å²) in [5, 5.41) is 21.8. The summed E-state index contributed by atoms with van der Waals surface area (Å²) in [7, 11) is -3.52. The smallest absolute Gasteiger partial charge is 0.252 e. The molecule has 0 radical (unpaired) electrons. The van der Waals surface area contributed by atoms with Crippen molar-refractivity contribution in [1.29, 1.82) is 0 Å². The van der Waals surface area contributed by atoms with Gasteiger partial charge in [-0.15, -0.1) is 16.4 Å². The first-order valence-electron chi connectivity index (χ1n) is 13.6. The van der Waals surface area contributed by atoms with Gasteiger partial charge in [0.25, 0.3) is 10.0 Å². The molecule has 11 nitrogen and oxygen atoms in total. The Labute approximate surface area is 234 Å². The monoisotopic (exact) mass is 580 g/mol. The fraction of sp³-hybridized carbons (Fsp3) is 0.692. The number of carbonyl (C=O) groups is 2. The first-order chi connectivity index (χ1) is 18.4. The van der Waals surface area contributed by atoms with Crippen molar-refractivity contribution in [2.45, 2.75) is 88.6 Å². The lowest BCUT2D eigenvalue weighted by atomic mass is 9.85. The molecule has 2 fully saturated rings. The average molecular weight is 581 g/mol. The molecule has 0 spiro atoms. The van der Waals surface area contributed by atoms with Crippen molar-refractivity contribution in [1.82, 2.24) is 29.5 Å². The van der Waals surface area contributed by atoms with E-state index in [2.05, 4.69) is 15.6 Å². The van der Waals surface area contributed by atoms with Crippen molar-refractivity contribution in [3.05, 3.63) is 28.9 Å². The second kappa shape index (κ2) is 11.6. The number of hydrogen-bond donors (Lipinski definition) is 2. The number of aliphatic hydroxyl groups excluding tert-OH is 1. The second-order valence-corrected chi connectivity index (χ2v) is 14.7. The summed E-state index contributed by atoms with van der Waals surface area (Å²) in [5.41, 5.74) is 0.386. The van der Waals surface area contributed by atoms with Crippen LogP contribution in [0.2, 0.25) is 0 Å². The van der Waals surface area contributed by atoms with E-state index in [1.165, 1.54) is 20.5 Å². The minimum Gasteiger partial charge on any atom is -0.391 e. The molecule has 3 heterocycles. The number of nitrogens with one attached hydrogen (secondary N) is 1. The van der Waals surface area contributed by atoms with E-state index < -0.39 is 33.6 Å². The van der Waals surface area contributed by atoms with Crippen LogP contribution in [0.5, 0.6) is 0 Å². The highest BCUT2D eigenvalue weighted by Gasteiger charge is 2.45. The number of aromatic nitrogens is 3. The molecular formula is C26H40N6O5S2. The van der Waals surface area contributed by atoms with Crippen LogP contribution in [0.1, 0.15) is 76.4 Å². The molecule has 2 aromatic rings. The standard InChI is InChI=1S/C26H40N6O5S2/c1-6-30(7-2)39(36,37)22-11-10-19(38-22)12-13-27-24(34)21-14-18(33)15-31(21)25(35)23(26(3,4)5)32-16-20(28-29-32)17-8-9-17/h10-11,16-18,21,23,33H,6-9,12-15H2,1-5H3,(H,27,34)/t18?,21?,23-/m1/s1. The third-order valence-corrected chi connectivity index (χ3v) is 11.0. The molecule has 2 unspecified atom stereocenters. The lowest BCUT2D eigenvalue weighted by Gasteiger charge is -2.34. The molecule has 1 aliphatic carbocycles. The number of β-amino-alcohol motifs (C(OH)–C–C–N with tert-alkyl or cyclic N) is 1. The minimum absolute atomic E-state index is 0.0746. The van der Waals surface area contributed by atoms with Gasteiger partial charge in [-0.2, -0.15) is 4.31 Å². The lowest BCUT2D eigenvalue weighted by molar-refractivity contribution is -0.144. The second-order valence-electron chi connectivity index (χ2n) is 11.4. The topological polar surface area (TPSA) is 138 Å². The van der Waals surface area contributed by atoms with Crippen LogP contribution in [-0.2, 0) is 26.0 Å². The van der Waals surface area contributed by atoms with E-state index in [-0.39, 0.29) is 35.5 Å². The highest BCUT2D eigenvalue weighted by molar-refractivity contribution is 7.91. The van der Waals surface area contributed by atoms with Crippen molar-refractivity contribution in [2.24, 2.45) is 5.41 Å². The number of hydrogen-bond acceptors (Lipinski definition) is 8. The van der Waals surface area contributed by atoms with Crippen LogP contribution >= 0.6 is 11.3 Å². The number of carbonyl (C=O) groups excluding carboxylic acids is 2. The van der Waals surface area contributed by atoms with E-state index in [9.17, 15) is 23.1 Å². The molecule has 1 saturated carbocycles. The molecule has 2 aromatic heterocycles. The number of likely N-dealkylation sites (tertiary alicyclic amines) is 1. The zero-order valence-corrected chi connectivity index (χ0v) is 25.0. The van der Waals surface area contributed by atoms with Crippen LogP contribution in [-0.4, -0.2) is 87.9 Å². The maximum atomic E-state index is 13.8. The molecule has 0 bridgehead atoms. The van der Waals surface area contributed by atoms with Gasteiger partial charge in [0.1, 0.15) is 16.3 Å². The molecule has 0 aromatic carbocycles. The molecular weight excluding hydrogens is 540 g/mol. The quantitative estimate of drug-likeness (QED) is 0.415. The van der Waals surface area contributed by atoms with Crippen LogP contribution in [0.3, 0.4) is 0 Å². The molecule has 1 saturated heterocycles. The van der Waals surface area contributed by atoms with Gasteiger partial charge in [0.15, 0.2) is 0 Å². The summed E-state index contributed by atoms with van der Waals surface area (Å²) in [5.74, 6) is -0.202. The van der Waals surface area contributed by atoms with Crippen LogP contribution in [0, 0.1) is 5.41 Å². The molecule has 13 heteroatoms. The summed E-state index contributed by atoms with van der Waals surface area (Å²) >= 11 is 1.20.